The molecule has 2 atom stereocenters. The van der Waals surface area contributed by atoms with Gasteiger partial charge in [-0.15, -0.1) is 0 Å². The third-order valence-corrected chi connectivity index (χ3v) is 2.61. The molecule has 0 spiro atoms. The van der Waals surface area contributed by atoms with Gasteiger partial charge in [0.25, 0.3) is 0 Å². The Morgan fingerprint density at radius 3 is 3.00 bits per heavy atom. The molecule has 84 valence electrons. The molecular weight excluding hydrogens is 228 g/mol. The van der Waals surface area contributed by atoms with E-state index in [-0.39, 0.29) is 5.95 Å². The molecule has 0 saturated heterocycles. The second-order valence-electron chi connectivity index (χ2n) is 3.38. The van der Waals surface area contributed by atoms with E-state index in [9.17, 15) is 5.11 Å². The van der Waals surface area contributed by atoms with Crippen LogP contribution in [0.2, 0.25) is 0 Å². The van der Waals surface area contributed by atoms with Crippen molar-refractivity contribution in [3.63, 3.8) is 0 Å². The summed E-state index contributed by atoms with van der Waals surface area (Å²) in [6.07, 6.45) is 7.38. The minimum atomic E-state index is -1.10. The maximum atomic E-state index is 9.75. The zero-order valence-corrected chi connectivity index (χ0v) is 9.09. The zero-order valence-electron chi connectivity index (χ0n) is 8.34. The largest absolute Gasteiger partial charge is 0.385 e. The van der Waals surface area contributed by atoms with E-state index < -0.39 is 11.1 Å². The Bertz CT molecular complexity index is 448. The van der Waals surface area contributed by atoms with Gasteiger partial charge >= 0.3 is 0 Å². The molecule has 2 rings (SSSR count). The number of anilines is 2. The summed E-state index contributed by atoms with van der Waals surface area (Å²) in [4.78, 5) is 6.61. The van der Waals surface area contributed by atoms with Crippen LogP contribution in [0.5, 0.6) is 0 Å². The molecule has 4 N–H and O–H groups in total. The van der Waals surface area contributed by atoms with Crippen molar-refractivity contribution < 1.29 is 5.11 Å². The molecular formula is C10H11ClN4O. The minimum absolute atomic E-state index is 0.148. The molecule has 0 bridgehead atoms. The van der Waals surface area contributed by atoms with Crippen LogP contribution in [0.3, 0.4) is 0 Å². The second-order valence-corrected chi connectivity index (χ2v) is 4.01. The van der Waals surface area contributed by atoms with Crippen molar-refractivity contribution in [2.45, 2.75) is 11.1 Å². The summed E-state index contributed by atoms with van der Waals surface area (Å²) in [5.74, 6) is 0.608. The standard InChI is InChI=1S/C10H11ClN4O/c11-10(5-2-1-3-7(10)16)15-8-4-6-13-9(12)14-8/h1-7,16H,(H3,12,13,14,15). The summed E-state index contributed by atoms with van der Waals surface area (Å²) in [6.45, 7) is 0. The average Bonchev–Trinajstić information content (AvgIpc) is 2.23. The molecule has 0 saturated carbocycles. The van der Waals surface area contributed by atoms with Crippen LogP contribution in [0.15, 0.2) is 36.6 Å². The number of aliphatic hydroxyl groups excluding tert-OH is 1. The molecule has 6 heteroatoms. The highest BCUT2D eigenvalue weighted by Crippen LogP contribution is 2.27. The number of nitrogens with two attached hydrogens (primary N) is 1. The van der Waals surface area contributed by atoms with Gasteiger partial charge in [-0.2, -0.15) is 4.98 Å². The van der Waals surface area contributed by atoms with Crippen LogP contribution >= 0.6 is 11.6 Å². The first-order valence-electron chi connectivity index (χ1n) is 4.70. The van der Waals surface area contributed by atoms with E-state index in [2.05, 4.69) is 15.3 Å². The van der Waals surface area contributed by atoms with Gasteiger partial charge < -0.3 is 16.2 Å². The maximum Gasteiger partial charge on any atom is 0.221 e. The molecule has 1 aromatic heterocycles. The Morgan fingerprint density at radius 2 is 2.31 bits per heavy atom. The lowest BCUT2D eigenvalue weighted by atomic mass is 10.1. The lowest BCUT2D eigenvalue weighted by Gasteiger charge is -2.30. The molecule has 2 unspecified atom stereocenters. The molecule has 1 aliphatic rings. The molecule has 0 fully saturated rings. The van der Waals surface area contributed by atoms with Crippen molar-refractivity contribution in [2.75, 3.05) is 11.1 Å². The quantitative estimate of drug-likeness (QED) is 0.527. The van der Waals surface area contributed by atoms with Crippen LogP contribution in [-0.4, -0.2) is 26.2 Å². The molecule has 0 aliphatic heterocycles. The Kier molecular flexibility index (Phi) is 2.80. The average molecular weight is 239 g/mol. The number of rotatable bonds is 2. The van der Waals surface area contributed by atoms with Gasteiger partial charge in [-0.3, -0.25) is 0 Å². The maximum absolute atomic E-state index is 9.75. The van der Waals surface area contributed by atoms with Crippen LogP contribution in [0.4, 0.5) is 11.8 Å². The van der Waals surface area contributed by atoms with Crippen molar-refractivity contribution >= 4 is 23.4 Å². The molecule has 1 heterocycles. The van der Waals surface area contributed by atoms with Gasteiger partial charge in [0, 0.05) is 6.20 Å². The number of allylic oxidation sites excluding steroid dienone is 2. The van der Waals surface area contributed by atoms with Gasteiger partial charge in [0.15, 0.2) is 5.00 Å². The highest BCUT2D eigenvalue weighted by Gasteiger charge is 2.33. The molecule has 1 aromatic rings. The fourth-order valence-electron chi connectivity index (χ4n) is 1.36. The number of hydrogen-bond acceptors (Lipinski definition) is 5. The van der Waals surface area contributed by atoms with E-state index in [1.165, 1.54) is 6.20 Å². The number of aliphatic hydroxyl groups is 1. The van der Waals surface area contributed by atoms with Gasteiger partial charge in [0.1, 0.15) is 11.9 Å². The second kappa shape index (κ2) is 4.11. The number of alkyl halides is 1. The number of nitrogen functional groups attached to an aromatic ring is 1. The van der Waals surface area contributed by atoms with Crippen LogP contribution in [-0.2, 0) is 0 Å². The molecule has 1 aliphatic carbocycles. The summed E-state index contributed by atoms with van der Waals surface area (Å²) >= 11 is 6.21. The highest BCUT2D eigenvalue weighted by atomic mass is 35.5. The molecule has 0 radical (unpaired) electrons. The van der Waals surface area contributed by atoms with Gasteiger partial charge in [0.05, 0.1) is 0 Å². The number of halogens is 1. The van der Waals surface area contributed by atoms with E-state index in [1.54, 1.807) is 30.4 Å². The van der Waals surface area contributed by atoms with Crippen LogP contribution in [0, 0.1) is 0 Å². The van der Waals surface area contributed by atoms with Crippen LogP contribution in [0.25, 0.3) is 0 Å². The SMILES string of the molecule is Nc1nccc(NC2(Cl)C=CC=CC2O)n1. The number of nitrogens with zero attached hydrogens (tertiary/aromatic N) is 2. The Hall–Kier alpha value is -1.59. The van der Waals surface area contributed by atoms with E-state index in [0.29, 0.717) is 5.82 Å². The van der Waals surface area contributed by atoms with Crippen molar-refractivity contribution in [3.05, 3.63) is 36.6 Å². The Morgan fingerprint density at radius 1 is 1.50 bits per heavy atom. The Labute approximate surface area is 97.7 Å². The van der Waals surface area contributed by atoms with Crippen molar-refractivity contribution in [3.8, 4) is 0 Å². The van der Waals surface area contributed by atoms with Crippen LogP contribution in [0.1, 0.15) is 0 Å². The lowest BCUT2D eigenvalue weighted by Crippen LogP contribution is -2.42. The summed E-state index contributed by atoms with van der Waals surface area (Å²) in [6, 6.07) is 1.62. The van der Waals surface area contributed by atoms with Gasteiger partial charge in [0.2, 0.25) is 5.95 Å². The number of hydrogen-bond donors (Lipinski definition) is 3. The molecule has 16 heavy (non-hydrogen) atoms. The fourth-order valence-corrected chi connectivity index (χ4v) is 1.60. The number of aromatic nitrogens is 2. The molecule has 0 aromatic carbocycles. The lowest BCUT2D eigenvalue weighted by molar-refractivity contribution is 0.199. The smallest absolute Gasteiger partial charge is 0.221 e. The first kappa shape index (κ1) is 10.9. The van der Waals surface area contributed by atoms with Gasteiger partial charge in [-0.05, 0) is 12.1 Å². The van der Waals surface area contributed by atoms with Crippen molar-refractivity contribution in [2.24, 2.45) is 0 Å². The first-order chi connectivity index (χ1) is 7.60. The first-order valence-corrected chi connectivity index (χ1v) is 5.08. The predicted molar refractivity (Wildman–Crippen MR) is 62.9 cm³/mol. The third-order valence-electron chi connectivity index (χ3n) is 2.17. The third kappa shape index (κ3) is 2.15. The van der Waals surface area contributed by atoms with E-state index in [0.717, 1.165) is 0 Å². The summed E-state index contributed by atoms with van der Waals surface area (Å²) in [5.41, 5.74) is 5.44. The topological polar surface area (TPSA) is 84.1 Å². The van der Waals surface area contributed by atoms with Crippen molar-refractivity contribution in [1.29, 1.82) is 0 Å². The molecule has 0 amide bonds. The fraction of sp³-hybridized carbons (Fsp3) is 0.200. The summed E-state index contributed by atoms with van der Waals surface area (Å²) in [5, 5.41) is 12.6. The van der Waals surface area contributed by atoms with Crippen molar-refractivity contribution in [1.82, 2.24) is 9.97 Å². The molecule has 5 nitrogen and oxygen atoms in total. The Balaban J connectivity index is 2.21. The summed E-state index contributed by atoms with van der Waals surface area (Å²) in [7, 11) is 0. The minimum Gasteiger partial charge on any atom is -0.385 e. The number of nitrogens with one attached hydrogen (secondary N) is 1. The zero-order chi connectivity index (χ0) is 11.6. The van der Waals surface area contributed by atoms with Gasteiger partial charge in [-0.25, -0.2) is 4.98 Å². The summed E-state index contributed by atoms with van der Waals surface area (Å²) < 4.78 is 0. The van der Waals surface area contributed by atoms with Crippen LogP contribution < -0.4 is 11.1 Å². The highest BCUT2D eigenvalue weighted by molar-refractivity contribution is 6.27. The van der Waals surface area contributed by atoms with E-state index in [1.807, 2.05) is 0 Å². The normalized spacial score (nSPS) is 28.0. The van der Waals surface area contributed by atoms with E-state index in [4.69, 9.17) is 17.3 Å². The predicted octanol–water partition coefficient (Wildman–Crippen LogP) is 0.893. The van der Waals surface area contributed by atoms with E-state index >= 15 is 0 Å². The van der Waals surface area contributed by atoms with Gasteiger partial charge in [-0.1, -0.05) is 29.8 Å². The monoisotopic (exact) mass is 238 g/mol.